The number of amides is 1. The van der Waals surface area contributed by atoms with Crippen molar-refractivity contribution in [3.05, 3.63) is 89.5 Å². The standard InChI is InChI=1S/C22H18N2O3S/c1-14-7-8-18(21(26)27)13-19(14)23-22(28)24-20(25)17-11-9-16(10-12-17)15-5-3-2-4-6-15/h2-13H,1H3,(H,26,27)(H2,23,24,25,28)/p-1. The Morgan fingerprint density at radius 1 is 0.857 bits per heavy atom. The van der Waals surface area contributed by atoms with E-state index in [-0.39, 0.29) is 16.6 Å². The number of hydrogen-bond acceptors (Lipinski definition) is 4. The summed E-state index contributed by atoms with van der Waals surface area (Å²) in [6.07, 6.45) is 0. The SMILES string of the molecule is Cc1ccc(C(=O)[O-])cc1NC(=S)NC(=O)c1ccc(-c2ccccc2)cc1. The Morgan fingerprint density at radius 3 is 2.11 bits per heavy atom. The van der Waals surface area contributed by atoms with Crippen LogP contribution in [0.2, 0.25) is 0 Å². The molecular weight excluding hydrogens is 372 g/mol. The zero-order valence-corrected chi connectivity index (χ0v) is 15.9. The van der Waals surface area contributed by atoms with Crippen LogP contribution in [0.4, 0.5) is 5.69 Å². The Balaban J connectivity index is 1.67. The summed E-state index contributed by atoms with van der Waals surface area (Å²) < 4.78 is 0. The first-order valence-corrected chi connectivity index (χ1v) is 8.94. The van der Waals surface area contributed by atoms with Crippen LogP contribution < -0.4 is 15.7 Å². The summed E-state index contributed by atoms with van der Waals surface area (Å²) >= 11 is 5.18. The second-order valence-electron chi connectivity index (χ2n) is 6.17. The van der Waals surface area contributed by atoms with Gasteiger partial charge in [-0.15, -0.1) is 0 Å². The van der Waals surface area contributed by atoms with Gasteiger partial charge in [-0.25, -0.2) is 0 Å². The number of rotatable bonds is 4. The van der Waals surface area contributed by atoms with E-state index in [1.54, 1.807) is 25.1 Å². The van der Waals surface area contributed by atoms with E-state index in [0.29, 0.717) is 11.3 Å². The molecule has 3 aromatic carbocycles. The van der Waals surface area contributed by atoms with E-state index in [4.69, 9.17) is 12.2 Å². The molecule has 0 aliphatic rings. The maximum atomic E-state index is 12.4. The molecule has 0 aromatic heterocycles. The lowest BCUT2D eigenvalue weighted by molar-refractivity contribution is -0.255. The molecule has 0 saturated heterocycles. The molecule has 0 spiro atoms. The van der Waals surface area contributed by atoms with Crippen LogP contribution in [0.3, 0.4) is 0 Å². The zero-order chi connectivity index (χ0) is 20.1. The summed E-state index contributed by atoms with van der Waals surface area (Å²) in [6.45, 7) is 1.80. The molecule has 0 bridgehead atoms. The molecule has 5 nitrogen and oxygen atoms in total. The number of carbonyl (C=O) groups is 2. The lowest BCUT2D eigenvalue weighted by Gasteiger charge is -2.14. The summed E-state index contributed by atoms with van der Waals surface area (Å²) in [5.74, 6) is -1.64. The number of benzene rings is 3. The number of carboxylic acid groups (broad SMARTS) is 1. The van der Waals surface area contributed by atoms with Gasteiger partial charge in [0.25, 0.3) is 5.91 Å². The van der Waals surface area contributed by atoms with Crippen LogP contribution in [0, 0.1) is 6.92 Å². The van der Waals surface area contributed by atoms with Crippen LogP contribution in [-0.2, 0) is 0 Å². The lowest BCUT2D eigenvalue weighted by Crippen LogP contribution is -2.34. The van der Waals surface area contributed by atoms with Gasteiger partial charge in [-0.05, 0) is 59.6 Å². The molecule has 0 fully saturated rings. The molecule has 2 N–H and O–H groups in total. The van der Waals surface area contributed by atoms with Crippen molar-refractivity contribution < 1.29 is 14.7 Å². The van der Waals surface area contributed by atoms with Crippen molar-refractivity contribution in [1.29, 1.82) is 0 Å². The fraction of sp³-hybridized carbons (Fsp3) is 0.0455. The Morgan fingerprint density at radius 2 is 1.46 bits per heavy atom. The summed E-state index contributed by atoms with van der Waals surface area (Å²) in [7, 11) is 0. The smallest absolute Gasteiger partial charge is 0.257 e. The predicted octanol–water partition coefficient (Wildman–Crippen LogP) is 3.15. The maximum Gasteiger partial charge on any atom is 0.257 e. The molecule has 28 heavy (non-hydrogen) atoms. The Hall–Kier alpha value is -3.51. The van der Waals surface area contributed by atoms with Crippen LogP contribution in [0.25, 0.3) is 11.1 Å². The van der Waals surface area contributed by atoms with E-state index < -0.39 is 5.97 Å². The van der Waals surface area contributed by atoms with Gasteiger partial charge < -0.3 is 15.2 Å². The molecule has 3 aromatic rings. The average molecular weight is 389 g/mol. The number of nitrogens with one attached hydrogen (secondary N) is 2. The Kier molecular flexibility index (Phi) is 5.81. The van der Waals surface area contributed by atoms with Gasteiger partial charge in [-0.2, -0.15) is 0 Å². The number of hydrogen-bond donors (Lipinski definition) is 2. The van der Waals surface area contributed by atoms with E-state index >= 15 is 0 Å². The predicted molar refractivity (Wildman–Crippen MR) is 111 cm³/mol. The first-order chi connectivity index (χ1) is 13.4. The Bertz CT molecular complexity index is 1030. The topological polar surface area (TPSA) is 81.3 Å². The number of thiocarbonyl (C=S) groups is 1. The van der Waals surface area contributed by atoms with Crippen LogP contribution in [0.1, 0.15) is 26.3 Å². The molecular formula is C22H17N2O3S-. The van der Waals surface area contributed by atoms with Gasteiger partial charge >= 0.3 is 0 Å². The van der Waals surface area contributed by atoms with Crippen molar-refractivity contribution in [3.63, 3.8) is 0 Å². The minimum Gasteiger partial charge on any atom is -0.545 e. The van der Waals surface area contributed by atoms with Crippen molar-refractivity contribution in [2.45, 2.75) is 6.92 Å². The third kappa shape index (κ3) is 4.61. The maximum absolute atomic E-state index is 12.4. The highest BCUT2D eigenvalue weighted by Gasteiger charge is 2.10. The largest absolute Gasteiger partial charge is 0.545 e. The van der Waals surface area contributed by atoms with Crippen molar-refractivity contribution in [3.8, 4) is 11.1 Å². The summed E-state index contributed by atoms with van der Waals surface area (Å²) in [5.41, 5.74) is 3.84. The van der Waals surface area contributed by atoms with Gasteiger partial charge in [-0.3, -0.25) is 10.1 Å². The molecule has 140 valence electrons. The molecule has 0 aliphatic heterocycles. The summed E-state index contributed by atoms with van der Waals surface area (Å²) in [4.78, 5) is 23.4. The molecule has 0 radical (unpaired) electrons. The van der Waals surface area contributed by atoms with Crippen LogP contribution >= 0.6 is 12.2 Å². The van der Waals surface area contributed by atoms with Gasteiger partial charge in [0, 0.05) is 11.3 Å². The lowest BCUT2D eigenvalue weighted by atomic mass is 10.0. The summed E-state index contributed by atoms with van der Waals surface area (Å²) in [5, 5.41) is 16.5. The second kappa shape index (κ2) is 8.45. The zero-order valence-electron chi connectivity index (χ0n) is 15.1. The summed E-state index contributed by atoms with van der Waals surface area (Å²) in [6, 6.07) is 21.5. The molecule has 1 amide bonds. The van der Waals surface area contributed by atoms with E-state index in [0.717, 1.165) is 16.7 Å². The van der Waals surface area contributed by atoms with Crippen LogP contribution in [0.15, 0.2) is 72.8 Å². The van der Waals surface area contributed by atoms with E-state index in [1.807, 2.05) is 42.5 Å². The van der Waals surface area contributed by atoms with E-state index in [2.05, 4.69) is 10.6 Å². The molecule has 0 atom stereocenters. The van der Waals surface area contributed by atoms with Crippen molar-refractivity contribution >= 4 is 34.9 Å². The molecule has 6 heteroatoms. The molecule has 0 heterocycles. The quantitative estimate of drug-likeness (QED) is 0.670. The minimum absolute atomic E-state index is 0.0266. The average Bonchev–Trinajstić information content (AvgIpc) is 2.70. The van der Waals surface area contributed by atoms with Gasteiger partial charge in [0.2, 0.25) is 0 Å². The molecule has 0 unspecified atom stereocenters. The van der Waals surface area contributed by atoms with E-state index in [1.165, 1.54) is 12.1 Å². The molecule has 0 aliphatic carbocycles. The third-order valence-corrected chi connectivity index (χ3v) is 4.41. The van der Waals surface area contributed by atoms with Gasteiger partial charge in [0.1, 0.15) is 0 Å². The van der Waals surface area contributed by atoms with Crippen LogP contribution in [-0.4, -0.2) is 17.0 Å². The first-order valence-electron chi connectivity index (χ1n) is 8.54. The fourth-order valence-corrected chi connectivity index (χ4v) is 2.86. The Labute approximate surface area is 168 Å². The molecule has 3 rings (SSSR count). The number of aromatic carboxylic acids is 1. The van der Waals surface area contributed by atoms with Crippen LogP contribution in [0.5, 0.6) is 0 Å². The highest BCUT2D eigenvalue weighted by atomic mass is 32.1. The third-order valence-electron chi connectivity index (χ3n) is 4.20. The highest BCUT2D eigenvalue weighted by Crippen LogP contribution is 2.19. The molecule has 0 saturated carbocycles. The monoisotopic (exact) mass is 389 g/mol. The number of carboxylic acids is 1. The first kappa shape index (κ1) is 19.3. The normalized spacial score (nSPS) is 10.2. The van der Waals surface area contributed by atoms with Crippen molar-refractivity contribution in [2.24, 2.45) is 0 Å². The van der Waals surface area contributed by atoms with E-state index in [9.17, 15) is 14.7 Å². The van der Waals surface area contributed by atoms with Gasteiger partial charge in [0.15, 0.2) is 5.11 Å². The second-order valence-corrected chi connectivity index (χ2v) is 6.58. The van der Waals surface area contributed by atoms with Gasteiger partial charge in [0.05, 0.1) is 5.97 Å². The fourth-order valence-electron chi connectivity index (χ4n) is 2.66. The number of anilines is 1. The number of aryl methyl sites for hydroxylation is 1. The number of carbonyl (C=O) groups excluding carboxylic acids is 2. The van der Waals surface area contributed by atoms with Gasteiger partial charge in [-0.1, -0.05) is 54.6 Å². The van der Waals surface area contributed by atoms with Crippen molar-refractivity contribution in [2.75, 3.05) is 5.32 Å². The van der Waals surface area contributed by atoms with Crippen molar-refractivity contribution in [1.82, 2.24) is 5.32 Å². The highest BCUT2D eigenvalue weighted by molar-refractivity contribution is 7.80. The minimum atomic E-state index is -1.28.